The Bertz CT molecular complexity index is 411. The molecule has 0 radical (unpaired) electrons. The van der Waals surface area contributed by atoms with Crippen LogP contribution in [0.3, 0.4) is 0 Å². The molecular weight excluding hydrogens is 208 g/mol. The molecule has 17 heavy (non-hydrogen) atoms. The van der Waals surface area contributed by atoms with Crippen molar-refractivity contribution < 1.29 is 0 Å². The molecule has 2 aliphatic rings. The van der Waals surface area contributed by atoms with E-state index in [0.717, 1.165) is 19.6 Å². The second-order valence-corrected chi connectivity index (χ2v) is 6.16. The van der Waals surface area contributed by atoms with Crippen LogP contribution in [0.5, 0.6) is 0 Å². The third kappa shape index (κ3) is 1.54. The Hall–Kier alpha value is -0.860. The van der Waals surface area contributed by atoms with Gasteiger partial charge in [0.25, 0.3) is 0 Å². The van der Waals surface area contributed by atoms with Crippen molar-refractivity contribution in [3.8, 4) is 0 Å². The Morgan fingerprint density at radius 1 is 1.24 bits per heavy atom. The molecule has 0 saturated heterocycles. The summed E-state index contributed by atoms with van der Waals surface area (Å²) in [5.41, 5.74) is 9.66. The average molecular weight is 230 g/mol. The predicted molar refractivity (Wildman–Crippen MR) is 70.5 cm³/mol. The molecule has 1 unspecified atom stereocenters. The Kier molecular flexibility index (Phi) is 2.36. The Morgan fingerprint density at radius 3 is 2.18 bits per heavy atom. The lowest BCUT2D eigenvalue weighted by Crippen LogP contribution is -2.54. The van der Waals surface area contributed by atoms with Crippen molar-refractivity contribution in [3.05, 3.63) is 35.4 Å². The SMILES string of the molecule is CC1(C(C)(CN)N2Cc3ccccc3C2)CC1. The third-order valence-corrected chi connectivity index (χ3v) is 5.24. The molecule has 1 aliphatic carbocycles. The van der Waals surface area contributed by atoms with Gasteiger partial charge in [0.05, 0.1) is 0 Å². The van der Waals surface area contributed by atoms with Crippen LogP contribution in [0.4, 0.5) is 0 Å². The van der Waals surface area contributed by atoms with Crippen molar-refractivity contribution in [1.82, 2.24) is 4.90 Å². The van der Waals surface area contributed by atoms with E-state index in [2.05, 4.69) is 43.0 Å². The lowest BCUT2D eigenvalue weighted by atomic mass is 9.82. The first-order chi connectivity index (χ1) is 8.09. The molecule has 1 heterocycles. The van der Waals surface area contributed by atoms with Gasteiger partial charge in [-0.3, -0.25) is 4.90 Å². The maximum Gasteiger partial charge on any atom is 0.0364 e. The van der Waals surface area contributed by atoms with Crippen LogP contribution in [0, 0.1) is 5.41 Å². The molecular formula is C15H22N2. The Balaban J connectivity index is 1.88. The second-order valence-electron chi connectivity index (χ2n) is 6.16. The molecule has 92 valence electrons. The van der Waals surface area contributed by atoms with E-state index in [-0.39, 0.29) is 5.54 Å². The summed E-state index contributed by atoms with van der Waals surface area (Å²) in [5.74, 6) is 0. The molecule has 1 atom stereocenters. The molecule has 0 amide bonds. The van der Waals surface area contributed by atoms with E-state index in [4.69, 9.17) is 5.73 Å². The highest BCUT2D eigenvalue weighted by Gasteiger charge is 2.55. The first-order valence-corrected chi connectivity index (χ1v) is 6.61. The molecule has 1 saturated carbocycles. The fraction of sp³-hybridized carbons (Fsp3) is 0.600. The predicted octanol–water partition coefficient (Wildman–Crippen LogP) is 2.52. The molecule has 1 aromatic carbocycles. The number of hydrogen-bond acceptors (Lipinski definition) is 2. The van der Waals surface area contributed by atoms with E-state index in [1.807, 2.05) is 0 Å². The van der Waals surface area contributed by atoms with Gasteiger partial charge in [-0.1, -0.05) is 31.2 Å². The molecule has 1 fully saturated rings. The number of nitrogens with two attached hydrogens (primary N) is 1. The zero-order chi connectivity index (χ0) is 12.1. The largest absolute Gasteiger partial charge is 0.329 e. The summed E-state index contributed by atoms with van der Waals surface area (Å²) in [6.45, 7) is 7.64. The maximum absolute atomic E-state index is 6.11. The molecule has 0 aromatic heterocycles. The van der Waals surface area contributed by atoms with Gasteiger partial charge in [0, 0.05) is 25.2 Å². The molecule has 2 heteroatoms. The van der Waals surface area contributed by atoms with Crippen molar-refractivity contribution in [3.63, 3.8) is 0 Å². The zero-order valence-corrected chi connectivity index (χ0v) is 10.9. The van der Waals surface area contributed by atoms with E-state index >= 15 is 0 Å². The van der Waals surface area contributed by atoms with Gasteiger partial charge in [0.2, 0.25) is 0 Å². The topological polar surface area (TPSA) is 29.3 Å². The van der Waals surface area contributed by atoms with E-state index in [9.17, 15) is 0 Å². The Morgan fingerprint density at radius 2 is 1.76 bits per heavy atom. The highest BCUT2D eigenvalue weighted by molar-refractivity contribution is 5.31. The smallest absolute Gasteiger partial charge is 0.0364 e. The van der Waals surface area contributed by atoms with Crippen molar-refractivity contribution in [2.24, 2.45) is 11.1 Å². The molecule has 3 rings (SSSR count). The fourth-order valence-electron chi connectivity index (χ4n) is 3.17. The quantitative estimate of drug-likeness (QED) is 0.864. The van der Waals surface area contributed by atoms with Crippen LogP contribution in [0.2, 0.25) is 0 Å². The van der Waals surface area contributed by atoms with E-state index in [1.54, 1.807) is 0 Å². The van der Waals surface area contributed by atoms with Crippen LogP contribution >= 0.6 is 0 Å². The van der Waals surface area contributed by atoms with Crippen LogP contribution in [0.25, 0.3) is 0 Å². The molecule has 0 spiro atoms. The van der Waals surface area contributed by atoms with Crippen LogP contribution in [0.1, 0.15) is 37.8 Å². The number of hydrogen-bond donors (Lipinski definition) is 1. The third-order valence-electron chi connectivity index (χ3n) is 5.24. The maximum atomic E-state index is 6.11. The minimum absolute atomic E-state index is 0.159. The minimum Gasteiger partial charge on any atom is -0.329 e. The van der Waals surface area contributed by atoms with Crippen molar-refractivity contribution in [2.45, 2.75) is 45.3 Å². The number of nitrogens with zero attached hydrogens (tertiary/aromatic N) is 1. The summed E-state index contributed by atoms with van der Waals surface area (Å²) in [5, 5.41) is 0. The van der Waals surface area contributed by atoms with Gasteiger partial charge in [0.1, 0.15) is 0 Å². The highest BCUT2D eigenvalue weighted by atomic mass is 15.2. The Labute approximate surface area is 104 Å². The number of fused-ring (bicyclic) bond motifs is 1. The van der Waals surface area contributed by atoms with Crippen LogP contribution in [-0.4, -0.2) is 17.0 Å². The summed E-state index contributed by atoms with van der Waals surface area (Å²) in [4.78, 5) is 2.59. The lowest BCUT2D eigenvalue weighted by molar-refractivity contribution is 0.0442. The van der Waals surface area contributed by atoms with E-state index < -0.39 is 0 Å². The average Bonchev–Trinajstić information content (AvgIpc) is 2.96. The summed E-state index contributed by atoms with van der Waals surface area (Å²) in [6.07, 6.45) is 2.65. The monoisotopic (exact) mass is 230 g/mol. The van der Waals surface area contributed by atoms with Crippen LogP contribution in [0.15, 0.2) is 24.3 Å². The number of benzene rings is 1. The first-order valence-electron chi connectivity index (χ1n) is 6.61. The normalized spacial score (nSPS) is 25.4. The van der Waals surface area contributed by atoms with E-state index in [0.29, 0.717) is 5.41 Å². The van der Waals surface area contributed by atoms with Crippen molar-refractivity contribution >= 4 is 0 Å². The summed E-state index contributed by atoms with van der Waals surface area (Å²) in [6, 6.07) is 8.78. The summed E-state index contributed by atoms with van der Waals surface area (Å²) >= 11 is 0. The van der Waals surface area contributed by atoms with Gasteiger partial charge in [0.15, 0.2) is 0 Å². The molecule has 0 bridgehead atoms. The van der Waals surface area contributed by atoms with Gasteiger partial charge >= 0.3 is 0 Å². The molecule has 2 N–H and O–H groups in total. The van der Waals surface area contributed by atoms with Crippen molar-refractivity contribution in [2.75, 3.05) is 6.54 Å². The summed E-state index contributed by atoms with van der Waals surface area (Å²) < 4.78 is 0. The van der Waals surface area contributed by atoms with Gasteiger partial charge in [-0.05, 0) is 36.3 Å². The van der Waals surface area contributed by atoms with Gasteiger partial charge in [-0.2, -0.15) is 0 Å². The molecule has 1 aliphatic heterocycles. The summed E-state index contributed by atoms with van der Waals surface area (Å²) in [7, 11) is 0. The van der Waals surface area contributed by atoms with Gasteiger partial charge in [-0.15, -0.1) is 0 Å². The number of rotatable bonds is 3. The van der Waals surface area contributed by atoms with Crippen LogP contribution in [-0.2, 0) is 13.1 Å². The van der Waals surface area contributed by atoms with Gasteiger partial charge < -0.3 is 5.73 Å². The van der Waals surface area contributed by atoms with Crippen molar-refractivity contribution in [1.29, 1.82) is 0 Å². The highest BCUT2D eigenvalue weighted by Crippen LogP contribution is 2.56. The first kappa shape index (κ1) is 11.2. The standard InChI is InChI=1S/C15H22N2/c1-14(7-8-14)15(2,11-16)17-9-12-5-3-4-6-13(12)10-17/h3-6H,7-11,16H2,1-2H3. The zero-order valence-electron chi connectivity index (χ0n) is 10.9. The van der Waals surface area contributed by atoms with Gasteiger partial charge in [-0.25, -0.2) is 0 Å². The van der Waals surface area contributed by atoms with E-state index in [1.165, 1.54) is 24.0 Å². The fourth-order valence-corrected chi connectivity index (χ4v) is 3.17. The second kappa shape index (κ2) is 3.56. The minimum atomic E-state index is 0.159. The molecule has 2 nitrogen and oxygen atoms in total. The lowest BCUT2D eigenvalue weighted by Gasteiger charge is -2.43. The van der Waals surface area contributed by atoms with Crippen LogP contribution < -0.4 is 5.73 Å². The molecule has 1 aromatic rings.